The third-order valence-corrected chi connectivity index (χ3v) is 4.31. The number of methoxy groups -OCH3 is 2. The van der Waals surface area contributed by atoms with Crippen molar-refractivity contribution in [2.24, 2.45) is 0 Å². The minimum Gasteiger partial charge on any atom is -0.495 e. The smallest absolute Gasteiger partial charge is 0.248 e. The van der Waals surface area contributed by atoms with Crippen LogP contribution >= 0.6 is 11.6 Å². The summed E-state index contributed by atoms with van der Waals surface area (Å²) in [5.74, 6) is 0.438. The molecule has 1 aliphatic rings. The van der Waals surface area contributed by atoms with Gasteiger partial charge in [-0.25, -0.2) is 0 Å². The number of carbonyl (C=O) groups excluding carboxylic acids is 2. The topological polar surface area (TPSA) is 71.1 Å². The lowest BCUT2D eigenvalue weighted by Gasteiger charge is -2.21. The Labute approximate surface area is 152 Å². The molecule has 0 aromatic heterocycles. The van der Waals surface area contributed by atoms with Gasteiger partial charge in [-0.05, 0) is 24.6 Å². The second kappa shape index (κ2) is 9.60. The van der Waals surface area contributed by atoms with Crippen molar-refractivity contribution < 1.29 is 19.1 Å². The molecule has 1 fully saturated rings. The predicted octanol–water partition coefficient (Wildman–Crippen LogP) is 1.47. The summed E-state index contributed by atoms with van der Waals surface area (Å²) in [5.41, 5.74) is 0.627. The van der Waals surface area contributed by atoms with Gasteiger partial charge in [0.2, 0.25) is 11.8 Å². The molecule has 0 bridgehead atoms. The summed E-state index contributed by atoms with van der Waals surface area (Å²) in [6.45, 7) is 3.09. The van der Waals surface area contributed by atoms with E-state index in [1.807, 2.05) is 4.90 Å². The summed E-state index contributed by atoms with van der Waals surface area (Å²) in [4.78, 5) is 28.0. The summed E-state index contributed by atoms with van der Waals surface area (Å²) in [6, 6.07) is 5.12. The van der Waals surface area contributed by atoms with Crippen molar-refractivity contribution in [3.63, 3.8) is 0 Å². The maximum absolute atomic E-state index is 12.2. The second-order valence-electron chi connectivity index (χ2n) is 5.84. The average molecular weight is 370 g/mol. The Morgan fingerprint density at radius 1 is 1.20 bits per heavy atom. The van der Waals surface area contributed by atoms with Gasteiger partial charge >= 0.3 is 0 Å². The maximum Gasteiger partial charge on any atom is 0.248 e. The van der Waals surface area contributed by atoms with E-state index in [1.165, 1.54) is 7.11 Å². The number of ether oxygens (including phenoxy) is 2. The highest BCUT2D eigenvalue weighted by atomic mass is 35.5. The third kappa shape index (κ3) is 5.88. The van der Waals surface area contributed by atoms with Crippen LogP contribution in [0.1, 0.15) is 6.42 Å². The SMILES string of the molecule is COCC(=O)N1CCCN(CC(=O)Nc2ccc(OC)c(Cl)c2)CC1. The van der Waals surface area contributed by atoms with Crippen LogP contribution in [0.15, 0.2) is 18.2 Å². The molecule has 138 valence electrons. The second-order valence-corrected chi connectivity index (χ2v) is 6.25. The zero-order valence-electron chi connectivity index (χ0n) is 14.6. The molecule has 0 unspecified atom stereocenters. The van der Waals surface area contributed by atoms with Gasteiger partial charge in [-0.15, -0.1) is 0 Å². The first kappa shape index (κ1) is 19.5. The normalized spacial score (nSPS) is 15.6. The summed E-state index contributed by atoms with van der Waals surface area (Å²) in [7, 11) is 3.05. The van der Waals surface area contributed by atoms with Crippen LogP contribution in [0.5, 0.6) is 5.75 Å². The molecule has 1 heterocycles. The molecular formula is C17H24ClN3O4. The molecule has 1 aliphatic heterocycles. The first-order valence-corrected chi connectivity index (χ1v) is 8.53. The quantitative estimate of drug-likeness (QED) is 0.822. The van der Waals surface area contributed by atoms with Crippen molar-refractivity contribution in [3.8, 4) is 5.75 Å². The summed E-state index contributed by atoms with van der Waals surface area (Å²) >= 11 is 6.06. The number of carbonyl (C=O) groups is 2. The molecule has 2 rings (SSSR count). The lowest BCUT2D eigenvalue weighted by molar-refractivity contribution is -0.135. The van der Waals surface area contributed by atoms with Gasteiger partial charge in [0.25, 0.3) is 0 Å². The fourth-order valence-corrected chi connectivity index (χ4v) is 3.00. The summed E-state index contributed by atoms with van der Waals surface area (Å²) in [5, 5.41) is 3.28. The fourth-order valence-electron chi connectivity index (χ4n) is 2.74. The number of anilines is 1. The zero-order valence-corrected chi connectivity index (χ0v) is 15.3. The molecule has 0 spiro atoms. The van der Waals surface area contributed by atoms with Crippen molar-refractivity contribution in [1.82, 2.24) is 9.80 Å². The van der Waals surface area contributed by atoms with E-state index >= 15 is 0 Å². The summed E-state index contributed by atoms with van der Waals surface area (Å²) in [6.07, 6.45) is 0.830. The first-order valence-electron chi connectivity index (χ1n) is 8.16. The van der Waals surface area contributed by atoms with E-state index in [2.05, 4.69) is 5.32 Å². The molecular weight excluding hydrogens is 346 g/mol. The van der Waals surface area contributed by atoms with Crippen LogP contribution in [0.25, 0.3) is 0 Å². The lowest BCUT2D eigenvalue weighted by Crippen LogP contribution is -2.39. The van der Waals surface area contributed by atoms with Crippen molar-refractivity contribution in [2.75, 3.05) is 58.9 Å². The highest BCUT2D eigenvalue weighted by molar-refractivity contribution is 6.32. The van der Waals surface area contributed by atoms with Gasteiger partial charge in [0.1, 0.15) is 12.4 Å². The van der Waals surface area contributed by atoms with Gasteiger partial charge in [-0.3, -0.25) is 14.5 Å². The minimum atomic E-state index is -0.113. The van der Waals surface area contributed by atoms with E-state index in [9.17, 15) is 9.59 Å². The summed E-state index contributed by atoms with van der Waals surface area (Å²) < 4.78 is 9.99. The highest BCUT2D eigenvalue weighted by Crippen LogP contribution is 2.27. The van der Waals surface area contributed by atoms with Crippen molar-refractivity contribution in [1.29, 1.82) is 0 Å². The van der Waals surface area contributed by atoms with Crippen LogP contribution in [0.3, 0.4) is 0 Å². The number of hydrogen-bond donors (Lipinski definition) is 1. The molecule has 1 saturated heterocycles. The van der Waals surface area contributed by atoms with Crippen LogP contribution in [0.4, 0.5) is 5.69 Å². The number of rotatable bonds is 6. The first-order chi connectivity index (χ1) is 12.0. The molecule has 25 heavy (non-hydrogen) atoms. The van der Waals surface area contributed by atoms with Crippen LogP contribution in [-0.4, -0.2) is 75.2 Å². The fraction of sp³-hybridized carbons (Fsp3) is 0.529. The molecule has 0 aliphatic carbocycles. The van der Waals surface area contributed by atoms with E-state index in [-0.39, 0.29) is 25.0 Å². The van der Waals surface area contributed by atoms with Gasteiger partial charge in [0, 0.05) is 39.0 Å². The molecule has 7 nitrogen and oxygen atoms in total. The van der Waals surface area contributed by atoms with Gasteiger partial charge < -0.3 is 19.7 Å². The van der Waals surface area contributed by atoms with Crippen molar-refractivity contribution in [2.45, 2.75) is 6.42 Å². The average Bonchev–Trinajstić information content (AvgIpc) is 2.81. The molecule has 0 radical (unpaired) electrons. The molecule has 1 N–H and O–H groups in total. The monoisotopic (exact) mass is 369 g/mol. The van der Waals surface area contributed by atoms with Crippen molar-refractivity contribution >= 4 is 29.1 Å². The third-order valence-electron chi connectivity index (χ3n) is 4.01. The van der Waals surface area contributed by atoms with Gasteiger partial charge in [0.15, 0.2) is 0 Å². The Balaban J connectivity index is 1.84. The van der Waals surface area contributed by atoms with Crippen LogP contribution in [0, 0.1) is 0 Å². The van der Waals surface area contributed by atoms with E-state index in [4.69, 9.17) is 21.1 Å². The zero-order chi connectivity index (χ0) is 18.2. The molecule has 1 aromatic rings. The number of nitrogens with one attached hydrogen (secondary N) is 1. The van der Waals surface area contributed by atoms with Gasteiger partial charge in [0.05, 0.1) is 18.7 Å². The standard InChI is InChI=1S/C17H24ClN3O4/c1-24-12-17(23)21-7-3-6-20(8-9-21)11-16(22)19-13-4-5-15(25-2)14(18)10-13/h4-5,10H,3,6-9,11-12H2,1-2H3,(H,19,22). The van der Waals surface area contributed by atoms with E-state index in [0.29, 0.717) is 36.1 Å². The van der Waals surface area contributed by atoms with E-state index < -0.39 is 0 Å². The molecule has 0 atom stereocenters. The predicted molar refractivity (Wildman–Crippen MR) is 96.1 cm³/mol. The van der Waals surface area contributed by atoms with Crippen molar-refractivity contribution in [3.05, 3.63) is 23.2 Å². The number of nitrogens with zero attached hydrogens (tertiary/aromatic N) is 2. The lowest BCUT2D eigenvalue weighted by atomic mass is 10.3. The van der Waals surface area contributed by atoms with Crippen LogP contribution in [0.2, 0.25) is 5.02 Å². The molecule has 0 saturated carbocycles. The Bertz CT molecular complexity index is 612. The Morgan fingerprint density at radius 2 is 2.00 bits per heavy atom. The number of hydrogen-bond acceptors (Lipinski definition) is 5. The Morgan fingerprint density at radius 3 is 2.68 bits per heavy atom. The molecule has 1 aromatic carbocycles. The van der Waals surface area contributed by atoms with E-state index in [0.717, 1.165) is 13.0 Å². The van der Waals surface area contributed by atoms with Gasteiger partial charge in [-0.1, -0.05) is 11.6 Å². The van der Waals surface area contributed by atoms with Crippen LogP contribution < -0.4 is 10.1 Å². The van der Waals surface area contributed by atoms with Gasteiger partial charge in [-0.2, -0.15) is 0 Å². The molecule has 2 amide bonds. The Kier molecular flexibility index (Phi) is 7.49. The number of benzene rings is 1. The Hall–Kier alpha value is -1.83. The van der Waals surface area contributed by atoms with Crippen LogP contribution in [-0.2, 0) is 14.3 Å². The number of amides is 2. The highest BCUT2D eigenvalue weighted by Gasteiger charge is 2.20. The number of halogens is 1. The van der Waals surface area contributed by atoms with E-state index in [1.54, 1.807) is 30.2 Å². The minimum absolute atomic E-state index is 0.0123. The largest absolute Gasteiger partial charge is 0.495 e. The molecule has 8 heteroatoms. The maximum atomic E-state index is 12.2.